The van der Waals surface area contributed by atoms with Gasteiger partial charge >= 0.3 is 29.6 Å². The van der Waals surface area contributed by atoms with Gasteiger partial charge in [-0.2, -0.15) is 0 Å². The van der Waals surface area contributed by atoms with Gasteiger partial charge < -0.3 is 20.1 Å². The van der Waals surface area contributed by atoms with Crippen molar-refractivity contribution in [3.05, 3.63) is 58.1 Å². The van der Waals surface area contributed by atoms with Gasteiger partial charge in [-0.1, -0.05) is 29.8 Å². The van der Waals surface area contributed by atoms with Crippen molar-refractivity contribution in [1.82, 2.24) is 0 Å². The van der Waals surface area contributed by atoms with E-state index in [0.29, 0.717) is 10.8 Å². The summed E-state index contributed by atoms with van der Waals surface area (Å²) >= 11 is 5.73. The summed E-state index contributed by atoms with van der Waals surface area (Å²) < 4.78 is 0. The van der Waals surface area contributed by atoms with E-state index in [1.165, 1.54) is 18.2 Å². The zero-order chi connectivity index (χ0) is 15.3. The first-order chi connectivity index (χ1) is 9.34. The third-order valence-corrected chi connectivity index (χ3v) is 3.10. The Labute approximate surface area is 150 Å². The Morgan fingerprint density at radius 3 is 2.10 bits per heavy atom. The second-order valence-electron chi connectivity index (χ2n) is 4.14. The van der Waals surface area contributed by atoms with E-state index in [4.69, 9.17) is 16.7 Å². The van der Waals surface area contributed by atoms with Gasteiger partial charge in [0.15, 0.2) is 0 Å². The van der Waals surface area contributed by atoms with Crippen molar-refractivity contribution >= 4 is 17.6 Å². The van der Waals surface area contributed by atoms with Crippen molar-refractivity contribution in [2.45, 2.75) is 13.8 Å². The molecule has 0 aromatic heterocycles. The quantitative estimate of drug-likeness (QED) is 0.690. The van der Waals surface area contributed by atoms with Gasteiger partial charge in [-0.15, -0.1) is 0 Å². The summed E-state index contributed by atoms with van der Waals surface area (Å²) in [7, 11) is 0. The van der Waals surface area contributed by atoms with Crippen molar-refractivity contribution in [3.8, 4) is 11.5 Å². The topological polar surface area (TPSA) is 80.6 Å². The fourth-order valence-corrected chi connectivity index (χ4v) is 1.61. The number of halogens is 1. The van der Waals surface area contributed by atoms with Gasteiger partial charge in [-0.05, 0) is 37.6 Å². The largest absolute Gasteiger partial charge is 1.00 e. The molecule has 0 unspecified atom stereocenters. The number of hydrogen-bond donors (Lipinski definition) is 2. The molecule has 0 fully saturated rings. The van der Waals surface area contributed by atoms with E-state index >= 15 is 0 Å². The van der Waals surface area contributed by atoms with Gasteiger partial charge in [-0.3, -0.25) is 0 Å². The van der Waals surface area contributed by atoms with Crippen molar-refractivity contribution in [2.24, 2.45) is 0 Å². The van der Waals surface area contributed by atoms with Crippen LogP contribution in [0.25, 0.3) is 0 Å². The second-order valence-corrected chi connectivity index (χ2v) is 4.55. The summed E-state index contributed by atoms with van der Waals surface area (Å²) in [5.41, 5.74) is 1.44. The maximum atomic E-state index is 10.2. The molecule has 2 N–H and O–H groups in total. The van der Waals surface area contributed by atoms with Gasteiger partial charge in [0, 0.05) is 16.1 Å². The molecule has 0 heterocycles. The van der Waals surface area contributed by atoms with Gasteiger partial charge in [-0.25, -0.2) is 0 Å². The van der Waals surface area contributed by atoms with Gasteiger partial charge in [0.1, 0.15) is 11.5 Å². The molecule has 0 saturated carbocycles. The van der Waals surface area contributed by atoms with E-state index in [9.17, 15) is 15.0 Å². The number of carbonyl (C=O) groups is 1. The number of phenolic OH excluding ortho intramolecular Hbond substituents is 1. The van der Waals surface area contributed by atoms with E-state index in [0.717, 1.165) is 11.1 Å². The number of aryl methyl sites for hydroxylation is 1. The van der Waals surface area contributed by atoms with Crippen LogP contribution in [0.4, 0.5) is 0 Å². The molecule has 6 heteroatoms. The normalized spacial score (nSPS) is 9.10. The summed E-state index contributed by atoms with van der Waals surface area (Å²) in [4.78, 5) is 10.2. The number of aromatic hydroxyl groups is 2. The Kier molecular flexibility index (Phi) is 8.44. The third kappa shape index (κ3) is 5.59. The van der Waals surface area contributed by atoms with Crippen LogP contribution in [-0.2, 0) is 0 Å². The zero-order valence-corrected chi connectivity index (χ0v) is 14.8. The summed E-state index contributed by atoms with van der Waals surface area (Å²) in [5, 5.41) is 28.9. The number of carboxylic acid groups (broad SMARTS) is 1. The molecule has 4 nitrogen and oxygen atoms in total. The van der Waals surface area contributed by atoms with Crippen LogP contribution in [0.2, 0.25) is 5.02 Å². The average molecular weight is 317 g/mol. The number of para-hydroxylation sites is 1. The summed E-state index contributed by atoms with van der Waals surface area (Å²) in [5.74, 6) is -1.33. The Morgan fingerprint density at radius 1 is 1.10 bits per heavy atom. The summed E-state index contributed by atoms with van der Waals surface area (Å²) in [6, 6.07) is 9.22. The van der Waals surface area contributed by atoms with Crippen LogP contribution in [0.5, 0.6) is 11.5 Å². The van der Waals surface area contributed by atoms with E-state index in [-0.39, 0.29) is 40.9 Å². The van der Waals surface area contributed by atoms with Crippen LogP contribution in [0, 0.1) is 13.8 Å². The van der Waals surface area contributed by atoms with Crippen molar-refractivity contribution < 1.29 is 49.7 Å². The molecule has 0 amide bonds. The Bertz CT molecular complexity index is 602. The minimum atomic E-state index is -1.36. The minimum absolute atomic E-state index is 0. The molecule has 106 valence electrons. The van der Waals surface area contributed by atoms with Crippen LogP contribution >= 0.6 is 11.6 Å². The molecule has 0 aliphatic heterocycles. The average Bonchev–Trinajstić information content (AvgIpc) is 2.42. The van der Waals surface area contributed by atoms with Crippen molar-refractivity contribution in [1.29, 1.82) is 0 Å². The molecule has 0 bridgehead atoms. The van der Waals surface area contributed by atoms with Crippen LogP contribution in [0.1, 0.15) is 21.5 Å². The molecule has 2 aromatic rings. The number of rotatable bonds is 1. The number of carboxylic acids is 1. The predicted octanol–water partition coefficient (Wildman–Crippen LogP) is -0.578. The Balaban J connectivity index is 0.000000364. The van der Waals surface area contributed by atoms with E-state index in [1.54, 1.807) is 25.1 Å². The third-order valence-electron chi connectivity index (χ3n) is 2.69. The van der Waals surface area contributed by atoms with Gasteiger partial charge in [0.2, 0.25) is 0 Å². The summed E-state index contributed by atoms with van der Waals surface area (Å²) in [6.45, 7) is 3.64. The monoisotopic (exact) mass is 316 g/mol. The predicted molar refractivity (Wildman–Crippen MR) is 75.0 cm³/mol. The SMILES string of the molecule is Cc1ccc(Cl)c(C)c1O.O=C([O-])c1ccccc1O.[Na+]. The van der Waals surface area contributed by atoms with Crippen LogP contribution in [0.3, 0.4) is 0 Å². The molecule has 0 aliphatic rings. The number of phenols is 2. The second kappa shape index (κ2) is 8.95. The molecular formula is C15H14ClNaO4. The Hall–Kier alpha value is -1.20. The maximum absolute atomic E-state index is 10.2. The van der Waals surface area contributed by atoms with Crippen LogP contribution < -0.4 is 34.7 Å². The molecule has 0 aliphatic carbocycles. The number of aromatic carboxylic acids is 1. The van der Waals surface area contributed by atoms with Crippen LogP contribution in [-0.4, -0.2) is 16.2 Å². The zero-order valence-electron chi connectivity index (χ0n) is 12.1. The van der Waals surface area contributed by atoms with Crippen molar-refractivity contribution in [3.63, 3.8) is 0 Å². The molecule has 0 saturated heterocycles. The van der Waals surface area contributed by atoms with E-state index in [1.807, 2.05) is 6.92 Å². The molecule has 2 rings (SSSR count). The first-order valence-electron chi connectivity index (χ1n) is 5.78. The van der Waals surface area contributed by atoms with E-state index in [2.05, 4.69) is 0 Å². The smallest absolute Gasteiger partial charge is 0.545 e. The first kappa shape index (κ1) is 19.8. The maximum Gasteiger partial charge on any atom is 1.00 e. The van der Waals surface area contributed by atoms with Gasteiger partial charge in [0.05, 0.1) is 5.97 Å². The fourth-order valence-electron chi connectivity index (χ4n) is 1.46. The molecule has 2 aromatic carbocycles. The number of hydrogen-bond acceptors (Lipinski definition) is 4. The summed E-state index contributed by atoms with van der Waals surface area (Å²) in [6.07, 6.45) is 0. The number of carbonyl (C=O) groups excluding carboxylic acids is 1. The molecule has 21 heavy (non-hydrogen) atoms. The fraction of sp³-hybridized carbons (Fsp3) is 0.133. The Morgan fingerprint density at radius 2 is 1.67 bits per heavy atom. The molecule has 0 atom stereocenters. The number of benzene rings is 2. The van der Waals surface area contributed by atoms with Crippen LogP contribution in [0.15, 0.2) is 36.4 Å². The minimum Gasteiger partial charge on any atom is -0.545 e. The van der Waals surface area contributed by atoms with E-state index < -0.39 is 5.97 Å². The van der Waals surface area contributed by atoms with Crippen molar-refractivity contribution in [2.75, 3.05) is 0 Å². The molecule has 0 spiro atoms. The standard InChI is InChI=1S/C8H9ClO.C7H6O3.Na/c1-5-3-4-7(9)6(2)8(5)10;8-6-4-2-1-3-5(6)7(9)10;/h3-4,10H,1-2H3;1-4,8H,(H,9,10);/q;;+1/p-1. The van der Waals surface area contributed by atoms with Gasteiger partial charge in [0.25, 0.3) is 0 Å². The molecule has 0 radical (unpaired) electrons. The first-order valence-corrected chi connectivity index (χ1v) is 6.16. The molecular weight excluding hydrogens is 303 g/mol.